The summed E-state index contributed by atoms with van der Waals surface area (Å²) in [5.41, 5.74) is 0.393. The summed E-state index contributed by atoms with van der Waals surface area (Å²) in [4.78, 5) is 0. The van der Waals surface area contributed by atoms with Crippen molar-refractivity contribution in [2.24, 2.45) is 0 Å². The fourth-order valence-corrected chi connectivity index (χ4v) is 1.74. The third-order valence-corrected chi connectivity index (χ3v) is 2.58. The van der Waals surface area contributed by atoms with Crippen molar-refractivity contribution in [1.82, 2.24) is 5.32 Å². The van der Waals surface area contributed by atoms with Crippen molar-refractivity contribution in [2.75, 3.05) is 6.54 Å². The van der Waals surface area contributed by atoms with Crippen LogP contribution in [0.4, 0.5) is 0 Å². The van der Waals surface area contributed by atoms with Gasteiger partial charge in [0.05, 0.1) is 0 Å². The lowest BCUT2D eigenvalue weighted by Crippen LogP contribution is -2.39. The van der Waals surface area contributed by atoms with Crippen LogP contribution < -0.4 is 5.32 Å². The molecule has 0 radical (unpaired) electrons. The molecule has 0 unspecified atom stereocenters. The van der Waals surface area contributed by atoms with Gasteiger partial charge in [-0.05, 0) is 33.2 Å². The van der Waals surface area contributed by atoms with Crippen LogP contribution in [-0.2, 0) is 0 Å². The highest BCUT2D eigenvalue weighted by Gasteiger charge is 2.16. The van der Waals surface area contributed by atoms with Crippen LogP contribution in [-0.4, -0.2) is 12.1 Å². The van der Waals surface area contributed by atoms with Crippen LogP contribution in [0.25, 0.3) is 0 Å². The Morgan fingerprint density at radius 3 is 2.36 bits per heavy atom. The highest BCUT2D eigenvalue weighted by atomic mass is 14.9. The first kappa shape index (κ1) is 9.05. The number of nitrogens with one attached hydrogen (secondary N) is 1. The maximum absolute atomic E-state index is 3.60. The van der Waals surface area contributed by atoms with Gasteiger partial charge < -0.3 is 5.32 Å². The van der Waals surface area contributed by atoms with Gasteiger partial charge in [-0.15, -0.1) is 0 Å². The predicted octanol–water partition coefficient (Wildman–Crippen LogP) is 2.71. The van der Waals surface area contributed by atoms with Crippen LogP contribution in [0.1, 0.15) is 52.4 Å². The van der Waals surface area contributed by atoms with Gasteiger partial charge in [0, 0.05) is 5.54 Å². The van der Waals surface area contributed by atoms with Gasteiger partial charge in [0.25, 0.3) is 0 Å². The first-order valence-electron chi connectivity index (χ1n) is 4.96. The van der Waals surface area contributed by atoms with Gasteiger partial charge in [0.1, 0.15) is 0 Å². The van der Waals surface area contributed by atoms with E-state index in [9.17, 15) is 0 Å². The van der Waals surface area contributed by atoms with Crippen LogP contribution in [0.15, 0.2) is 0 Å². The molecule has 1 heteroatoms. The Morgan fingerprint density at radius 1 is 0.909 bits per heavy atom. The molecule has 1 saturated heterocycles. The van der Waals surface area contributed by atoms with Crippen molar-refractivity contribution in [3.63, 3.8) is 0 Å². The summed E-state index contributed by atoms with van der Waals surface area (Å²) in [5.74, 6) is 0. The zero-order valence-electron chi connectivity index (χ0n) is 7.95. The number of hydrogen-bond donors (Lipinski definition) is 1. The Labute approximate surface area is 70.6 Å². The maximum atomic E-state index is 3.60. The van der Waals surface area contributed by atoms with E-state index in [0.29, 0.717) is 5.54 Å². The molecule has 0 bridgehead atoms. The van der Waals surface area contributed by atoms with Gasteiger partial charge in [-0.3, -0.25) is 0 Å². The average Bonchev–Trinajstić information content (AvgIpc) is 2.00. The van der Waals surface area contributed by atoms with Crippen molar-refractivity contribution < 1.29 is 0 Å². The molecule has 0 aromatic heterocycles. The van der Waals surface area contributed by atoms with E-state index < -0.39 is 0 Å². The molecule has 1 aliphatic heterocycles. The summed E-state index contributed by atoms with van der Waals surface area (Å²) in [6.07, 6.45) is 8.41. The Morgan fingerprint density at radius 2 is 1.55 bits per heavy atom. The molecule has 0 aromatic carbocycles. The molecule has 66 valence electrons. The molecule has 0 aromatic rings. The third-order valence-electron chi connectivity index (χ3n) is 2.58. The predicted molar refractivity (Wildman–Crippen MR) is 49.8 cm³/mol. The fourth-order valence-electron chi connectivity index (χ4n) is 1.74. The smallest absolute Gasteiger partial charge is 0.0125 e. The molecule has 11 heavy (non-hydrogen) atoms. The largest absolute Gasteiger partial charge is 0.312 e. The average molecular weight is 155 g/mol. The van der Waals surface area contributed by atoms with Gasteiger partial charge in [-0.2, -0.15) is 0 Å². The topological polar surface area (TPSA) is 12.0 Å². The van der Waals surface area contributed by atoms with Crippen molar-refractivity contribution in [3.8, 4) is 0 Å². The molecule has 0 saturated carbocycles. The molecule has 0 amide bonds. The molecule has 1 nitrogen and oxygen atoms in total. The number of hydrogen-bond acceptors (Lipinski definition) is 1. The Kier molecular flexibility index (Phi) is 3.38. The van der Waals surface area contributed by atoms with Gasteiger partial charge >= 0.3 is 0 Å². The Balaban J connectivity index is 2.31. The van der Waals surface area contributed by atoms with E-state index in [4.69, 9.17) is 0 Å². The van der Waals surface area contributed by atoms with Gasteiger partial charge in [0.2, 0.25) is 0 Å². The monoisotopic (exact) mass is 155 g/mol. The lowest BCUT2D eigenvalue weighted by Gasteiger charge is -2.25. The van der Waals surface area contributed by atoms with E-state index >= 15 is 0 Å². The van der Waals surface area contributed by atoms with E-state index in [1.807, 2.05) is 0 Å². The van der Waals surface area contributed by atoms with Crippen LogP contribution in [0.5, 0.6) is 0 Å². The summed E-state index contributed by atoms with van der Waals surface area (Å²) in [5, 5.41) is 3.60. The summed E-state index contributed by atoms with van der Waals surface area (Å²) < 4.78 is 0. The zero-order valence-corrected chi connectivity index (χ0v) is 7.95. The number of rotatable bonds is 0. The second kappa shape index (κ2) is 4.10. The molecule has 0 spiro atoms. The molecule has 1 fully saturated rings. The molecule has 1 aliphatic rings. The standard InChI is InChI=1S/C10H21N/c1-10(2)8-6-4-3-5-7-9-11-10/h11H,3-9H2,1-2H3. The van der Waals surface area contributed by atoms with Gasteiger partial charge in [-0.25, -0.2) is 0 Å². The normalized spacial score (nSPS) is 26.7. The minimum atomic E-state index is 0.393. The SMILES string of the molecule is CC1(C)CCCCCCCN1. The minimum absolute atomic E-state index is 0.393. The first-order chi connectivity index (χ1) is 5.21. The van der Waals surface area contributed by atoms with E-state index in [2.05, 4.69) is 19.2 Å². The fraction of sp³-hybridized carbons (Fsp3) is 1.00. The molecule has 1 rings (SSSR count). The second-order valence-corrected chi connectivity index (χ2v) is 4.33. The van der Waals surface area contributed by atoms with Crippen LogP contribution in [0.3, 0.4) is 0 Å². The van der Waals surface area contributed by atoms with E-state index in [0.717, 1.165) is 0 Å². The van der Waals surface area contributed by atoms with Crippen LogP contribution in [0.2, 0.25) is 0 Å². The second-order valence-electron chi connectivity index (χ2n) is 4.33. The molecule has 1 N–H and O–H groups in total. The van der Waals surface area contributed by atoms with Crippen molar-refractivity contribution in [3.05, 3.63) is 0 Å². The lowest BCUT2D eigenvalue weighted by molar-refractivity contribution is 0.358. The highest BCUT2D eigenvalue weighted by molar-refractivity contribution is 4.77. The molecule has 0 aliphatic carbocycles. The van der Waals surface area contributed by atoms with E-state index in [-0.39, 0.29) is 0 Å². The Bertz CT molecular complexity index is 95.4. The lowest BCUT2D eigenvalue weighted by atomic mass is 9.97. The molecular weight excluding hydrogens is 134 g/mol. The zero-order chi connectivity index (χ0) is 8.16. The molecule has 0 atom stereocenters. The third kappa shape index (κ3) is 3.76. The maximum Gasteiger partial charge on any atom is 0.0125 e. The highest BCUT2D eigenvalue weighted by Crippen LogP contribution is 2.17. The van der Waals surface area contributed by atoms with Crippen LogP contribution >= 0.6 is 0 Å². The van der Waals surface area contributed by atoms with Crippen LogP contribution in [0, 0.1) is 0 Å². The van der Waals surface area contributed by atoms with Gasteiger partial charge in [-0.1, -0.05) is 25.7 Å². The van der Waals surface area contributed by atoms with Gasteiger partial charge in [0.15, 0.2) is 0 Å². The molecule has 1 heterocycles. The van der Waals surface area contributed by atoms with Crippen molar-refractivity contribution in [1.29, 1.82) is 0 Å². The van der Waals surface area contributed by atoms with Crippen molar-refractivity contribution in [2.45, 2.75) is 57.9 Å². The summed E-state index contributed by atoms with van der Waals surface area (Å²) in [7, 11) is 0. The first-order valence-corrected chi connectivity index (χ1v) is 4.96. The van der Waals surface area contributed by atoms with Crippen molar-refractivity contribution >= 4 is 0 Å². The van der Waals surface area contributed by atoms with E-state index in [1.54, 1.807) is 0 Å². The minimum Gasteiger partial charge on any atom is -0.312 e. The quantitative estimate of drug-likeness (QED) is 0.567. The summed E-state index contributed by atoms with van der Waals surface area (Å²) in [6, 6.07) is 0. The Hall–Kier alpha value is -0.0400. The molecular formula is C10H21N. The van der Waals surface area contributed by atoms with E-state index in [1.165, 1.54) is 45.1 Å². The summed E-state index contributed by atoms with van der Waals surface area (Å²) in [6.45, 7) is 5.85. The summed E-state index contributed by atoms with van der Waals surface area (Å²) >= 11 is 0.